The lowest BCUT2D eigenvalue weighted by molar-refractivity contribution is 0.564. The number of rotatable bonds is 3. The molecule has 0 radical (unpaired) electrons. The van der Waals surface area contributed by atoms with Gasteiger partial charge in [0.25, 0.3) is 0 Å². The molecule has 1 heterocycles. The summed E-state index contributed by atoms with van der Waals surface area (Å²) in [6, 6.07) is 18.7. The SMILES string of the molecule is CC(C)=CCCc1ccoc1.c1ccc2ccccc2c1. The summed E-state index contributed by atoms with van der Waals surface area (Å²) in [5, 5.41) is 2.62. The average molecular weight is 278 g/mol. The molecule has 0 unspecified atom stereocenters. The summed E-state index contributed by atoms with van der Waals surface area (Å²) < 4.78 is 4.95. The lowest BCUT2D eigenvalue weighted by Crippen LogP contribution is -1.78. The van der Waals surface area contributed by atoms with Crippen LogP contribution in [0.1, 0.15) is 25.8 Å². The first-order valence-electron chi connectivity index (χ1n) is 7.34. The van der Waals surface area contributed by atoms with Gasteiger partial charge in [0.05, 0.1) is 12.5 Å². The van der Waals surface area contributed by atoms with Gasteiger partial charge in [-0.3, -0.25) is 0 Å². The summed E-state index contributed by atoms with van der Waals surface area (Å²) in [5.74, 6) is 0. The molecule has 108 valence electrons. The minimum atomic E-state index is 1.08. The molecular weight excluding hydrogens is 256 g/mol. The third-order valence-corrected chi connectivity index (χ3v) is 3.22. The van der Waals surface area contributed by atoms with E-state index in [1.165, 1.54) is 21.9 Å². The normalized spacial score (nSPS) is 9.81. The van der Waals surface area contributed by atoms with Crippen LogP contribution in [0.2, 0.25) is 0 Å². The van der Waals surface area contributed by atoms with Crippen molar-refractivity contribution in [2.75, 3.05) is 0 Å². The standard InChI is InChI=1S/C10H14O.C10H8/c1-9(2)4-3-5-10-6-7-11-8-10;1-2-6-10-8-4-3-7-9(10)5-1/h4,6-8H,3,5H2,1-2H3;1-8H. The topological polar surface area (TPSA) is 13.1 Å². The number of hydrogen-bond acceptors (Lipinski definition) is 1. The highest BCUT2D eigenvalue weighted by Gasteiger charge is 1.90. The molecule has 0 aliphatic rings. The fourth-order valence-electron chi connectivity index (χ4n) is 2.10. The van der Waals surface area contributed by atoms with Crippen LogP contribution in [0, 0.1) is 0 Å². The third-order valence-electron chi connectivity index (χ3n) is 3.22. The number of furan rings is 1. The summed E-state index contributed by atoms with van der Waals surface area (Å²) >= 11 is 0. The number of allylic oxidation sites excluding steroid dienone is 2. The van der Waals surface area contributed by atoms with E-state index in [0.29, 0.717) is 0 Å². The van der Waals surface area contributed by atoms with Crippen molar-refractivity contribution in [3.63, 3.8) is 0 Å². The van der Waals surface area contributed by atoms with E-state index >= 15 is 0 Å². The predicted octanol–water partition coefficient (Wildman–Crippen LogP) is 6.02. The molecule has 0 fully saturated rings. The van der Waals surface area contributed by atoms with Gasteiger partial charge in [0, 0.05) is 0 Å². The minimum absolute atomic E-state index is 1.08. The van der Waals surface area contributed by atoms with Gasteiger partial charge in [0.15, 0.2) is 0 Å². The predicted molar refractivity (Wildman–Crippen MR) is 90.4 cm³/mol. The van der Waals surface area contributed by atoms with Crippen molar-refractivity contribution in [2.24, 2.45) is 0 Å². The fourth-order valence-corrected chi connectivity index (χ4v) is 2.10. The van der Waals surface area contributed by atoms with Crippen LogP contribution in [0.25, 0.3) is 10.8 Å². The van der Waals surface area contributed by atoms with Gasteiger partial charge in [0.1, 0.15) is 0 Å². The fraction of sp³-hybridized carbons (Fsp3) is 0.200. The van der Waals surface area contributed by atoms with Gasteiger partial charge in [0.2, 0.25) is 0 Å². The van der Waals surface area contributed by atoms with Crippen LogP contribution < -0.4 is 0 Å². The monoisotopic (exact) mass is 278 g/mol. The van der Waals surface area contributed by atoms with Crippen molar-refractivity contribution in [3.8, 4) is 0 Å². The molecule has 0 aliphatic carbocycles. The van der Waals surface area contributed by atoms with E-state index in [4.69, 9.17) is 4.42 Å². The van der Waals surface area contributed by atoms with Gasteiger partial charge < -0.3 is 4.42 Å². The average Bonchev–Trinajstić information content (AvgIpc) is 3.01. The molecule has 0 saturated carbocycles. The van der Waals surface area contributed by atoms with E-state index in [2.05, 4.69) is 68.5 Å². The Morgan fingerprint density at radius 3 is 1.90 bits per heavy atom. The highest BCUT2D eigenvalue weighted by molar-refractivity contribution is 5.81. The molecule has 0 atom stereocenters. The summed E-state index contributed by atoms with van der Waals surface area (Å²) in [4.78, 5) is 0. The van der Waals surface area contributed by atoms with E-state index in [9.17, 15) is 0 Å². The first kappa shape index (κ1) is 15.1. The number of benzene rings is 2. The molecule has 0 aliphatic heterocycles. The van der Waals surface area contributed by atoms with E-state index in [1.54, 1.807) is 12.5 Å². The molecule has 0 N–H and O–H groups in total. The van der Waals surface area contributed by atoms with Gasteiger partial charge in [-0.1, -0.05) is 60.2 Å². The van der Waals surface area contributed by atoms with Crippen LogP contribution in [-0.4, -0.2) is 0 Å². The summed E-state index contributed by atoms with van der Waals surface area (Å²) in [6.45, 7) is 4.24. The van der Waals surface area contributed by atoms with Gasteiger partial charge >= 0.3 is 0 Å². The quantitative estimate of drug-likeness (QED) is 0.534. The second-order valence-corrected chi connectivity index (χ2v) is 5.30. The lowest BCUT2D eigenvalue weighted by Gasteiger charge is -1.92. The Bertz CT molecular complexity index is 608. The molecule has 3 rings (SSSR count). The molecule has 21 heavy (non-hydrogen) atoms. The number of hydrogen-bond donors (Lipinski definition) is 0. The van der Waals surface area contributed by atoms with Crippen molar-refractivity contribution in [3.05, 3.63) is 84.3 Å². The minimum Gasteiger partial charge on any atom is -0.472 e. The second kappa shape index (κ2) is 8.11. The van der Waals surface area contributed by atoms with E-state index in [0.717, 1.165) is 12.8 Å². The van der Waals surface area contributed by atoms with Crippen LogP contribution >= 0.6 is 0 Å². The second-order valence-electron chi connectivity index (χ2n) is 5.30. The van der Waals surface area contributed by atoms with Gasteiger partial charge in [-0.2, -0.15) is 0 Å². The Morgan fingerprint density at radius 2 is 1.48 bits per heavy atom. The first-order valence-corrected chi connectivity index (χ1v) is 7.34. The maximum Gasteiger partial charge on any atom is 0.0934 e. The Balaban J connectivity index is 0.000000154. The Hall–Kier alpha value is -2.28. The third kappa shape index (κ3) is 5.31. The van der Waals surface area contributed by atoms with E-state index in [-0.39, 0.29) is 0 Å². The molecule has 3 aromatic rings. The smallest absolute Gasteiger partial charge is 0.0934 e. The van der Waals surface area contributed by atoms with Crippen molar-refractivity contribution < 1.29 is 4.42 Å². The first-order chi connectivity index (χ1) is 10.3. The summed E-state index contributed by atoms with van der Waals surface area (Å²) in [6.07, 6.45) is 7.97. The molecule has 2 aromatic carbocycles. The van der Waals surface area contributed by atoms with Crippen molar-refractivity contribution in [1.82, 2.24) is 0 Å². The Kier molecular flexibility index (Phi) is 5.83. The van der Waals surface area contributed by atoms with Gasteiger partial charge in [-0.05, 0) is 49.1 Å². The van der Waals surface area contributed by atoms with E-state index < -0.39 is 0 Å². The maximum atomic E-state index is 4.95. The maximum absolute atomic E-state index is 4.95. The molecule has 0 bridgehead atoms. The zero-order chi connectivity index (χ0) is 14.9. The molecular formula is C20H22O. The number of fused-ring (bicyclic) bond motifs is 1. The van der Waals surface area contributed by atoms with Crippen molar-refractivity contribution in [2.45, 2.75) is 26.7 Å². The lowest BCUT2D eigenvalue weighted by atomic mass is 10.1. The molecule has 0 saturated heterocycles. The molecule has 1 heteroatoms. The largest absolute Gasteiger partial charge is 0.472 e. The van der Waals surface area contributed by atoms with E-state index in [1.807, 2.05) is 6.07 Å². The molecule has 0 spiro atoms. The van der Waals surface area contributed by atoms with Crippen molar-refractivity contribution >= 4 is 10.8 Å². The summed E-state index contributed by atoms with van der Waals surface area (Å²) in [7, 11) is 0. The Morgan fingerprint density at radius 1 is 0.905 bits per heavy atom. The summed E-state index contributed by atoms with van der Waals surface area (Å²) in [5.41, 5.74) is 2.66. The van der Waals surface area contributed by atoms with Crippen LogP contribution in [0.3, 0.4) is 0 Å². The van der Waals surface area contributed by atoms with Crippen LogP contribution in [0.15, 0.2) is 83.2 Å². The van der Waals surface area contributed by atoms with Gasteiger partial charge in [-0.15, -0.1) is 0 Å². The van der Waals surface area contributed by atoms with Gasteiger partial charge in [-0.25, -0.2) is 0 Å². The van der Waals surface area contributed by atoms with Crippen LogP contribution in [0.5, 0.6) is 0 Å². The molecule has 0 amide bonds. The highest BCUT2D eigenvalue weighted by atomic mass is 16.3. The number of aryl methyl sites for hydroxylation is 1. The van der Waals surface area contributed by atoms with Crippen molar-refractivity contribution in [1.29, 1.82) is 0 Å². The highest BCUT2D eigenvalue weighted by Crippen LogP contribution is 2.11. The van der Waals surface area contributed by atoms with Crippen LogP contribution in [0.4, 0.5) is 0 Å². The zero-order valence-electron chi connectivity index (χ0n) is 12.8. The molecule has 1 aromatic heterocycles. The molecule has 1 nitrogen and oxygen atoms in total. The van der Waals surface area contributed by atoms with Crippen LogP contribution in [-0.2, 0) is 6.42 Å². The Labute approximate surface area is 126 Å². The zero-order valence-corrected chi connectivity index (χ0v) is 12.8.